The van der Waals surface area contributed by atoms with Crippen LogP contribution in [-0.2, 0) is 5.33 Å². The van der Waals surface area contributed by atoms with Gasteiger partial charge >= 0.3 is 0 Å². The summed E-state index contributed by atoms with van der Waals surface area (Å²) in [6.45, 7) is 6.91. The molecule has 1 aromatic carbocycles. The first-order valence-corrected chi connectivity index (χ1v) is 8.43. The lowest BCUT2D eigenvalue weighted by Gasteiger charge is -2.34. The van der Waals surface area contributed by atoms with E-state index in [9.17, 15) is 0 Å². The van der Waals surface area contributed by atoms with Gasteiger partial charge in [-0.2, -0.15) is 11.8 Å². The van der Waals surface area contributed by atoms with Crippen molar-refractivity contribution in [2.45, 2.75) is 30.8 Å². The van der Waals surface area contributed by atoms with Crippen LogP contribution in [0.1, 0.15) is 24.5 Å². The summed E-state index contributed by atoms with van der Waals surface area (Å²) < 4.78 is 0. The molecule has 3 heteroatoms. The third-order valence-electron chi connectivity index (χ3n) is 3.35. The second-order valence-electron chi connectivity index (χ2n) is 4.60. The summed E-state index contributed by atoms with van der Waals surface area (Å²) in [7, 11) is 0. The third-order valence-corrected chi connectivity index (χ3v) is 5.37. The van der Waals surface area contributed by atoms with Gasteiger partial charge in [-0.05, 0) is 30.5 Å². The summed E-state index contributed by atoms with van der Waals surface area (Å²) in [4.78, 5) is 2.55. The van der Waals surface area contributed by atoms with Crippen LogP contribution in [-0.4, -0.2) is 24.1 Å². The SMILES string of the molecule is CCC1CN(c2ccc(CBr)cc2C)CCS1. The highest BCUT2D eigenvalue weighted by molar-refractivity contribution is 9.08. The molecule has 0 amide bonds. The van der Waals surface area contributed by atoms with Gasteiger partial charge in [-0.15, -0.1) is 0 Å². The van der Waals surface area contributed by atoms with Crippen LogP contribution in [0.3, 0.4) is 0 Å². The Morgan fingerprint density at radius 1 is 1.47 bits per heavy atom. The van der Waals surface area contributed by atoms with E-state index in [1.165, 1.54) is 42.1 Å². The molecule has 1 nitrogen and oxygen atoms in total. The minimum Gasteiger partial charge on any atom is -0.369 e. The van der Waals surface area contributed by atoms with E-state index < -0.39 is 0 Å². The van der Waals surface area contributed by atoms with Crippen molar-refractivity contribution in [2.75, 3.05) is 23.7 Å². The Kier molecular flexibility index (Phi) is 4.80. The Balaban J connectivity index is 2.16. The van der Waals surface area contributed by atoms with Crippen LogP contribution in [0.15, 0.2) is 18.2 Å². The van der Waals surface area contributed by atoms with Crippen molar-refractivity contribution in [3.8, 4) is 0 Å². The lowest BCUT2D eigenvalue weighted by Crippen LogP contribution is -2.38. The monoisotopic (exact) mass is 313 g/mol. The van der Waals surface area contributed by atoms with Crippen LogP contribution >= 0.6 is 27.7 Å². The lowest BCUT2D eigenvalue weighted by molar-refractivity contribution is 0.726. The van der Waals surface area contributed by atoms with E-state index in [4.69, 9.17) is 0 Å². The Bertz CT molecular complexity index is 380. The first-order chi connectivity index (χ1) is 8.24. The molecule has 1 fully saturated rings. The van der Waals surface area contributed by atoms with Crippen molar-refractivity contribution in [1.82, 2.24) is 0 Å². The number of thioether (sulfide) groups is 1. The molecule has 0 spiro atoms. The standard InChI is InChI=1S/C14H20BrNS/c1-3-13-10-16(6-7-17-13)14-5-4-12(9-15)8-11(14)2/h4-5,8,13H,3,6-7,9-10H2,1-2H3. The Hall–Kier alpha value is -0.150. The molecule has 0 aliphatic carbocycles. The van der Waals surface area contributed by atoms with Crippen LogP contribution in [0.25, 0.3) is 0 Å². The summed E-state index contributed by atoms with van der Waals surface area (Å²) in [6.07, 6.45) is 1.28. The fourth-order valence-electron chi connectivity index (χ4n) is 2.34. The normalized spacial score (nSPS) is 20.6. The Morgan fingerprint density at radius 2 is 2.29 bits per heavy atom. The molecule has 94 valence electrons. The Labute approximate surface area is 117 Å². The summed E-state index contributed by atoms with van der Waals surface area (Å²) in [5.74, 6) is 1.26. The molecule has 0 bridgehead atoms. The molecule has 1 heterocycles. The van der Waals surface area contributed by atoms with Gasteiger partial charge in [-0.3, -0.25) is 0 Å². The first kappa shape index (κ1) is 13.3. The number of anilines is 1. The van der Waals surface area contributed by atoms with Gasteiger partial charge in [0.05, 0.1) is 0 Å². The zero-order valence-corrected chi connectivity index (χ0v) is 13.0. The van der Waals surface area contributed by atoms with E-state index in [0.29, 0.717) is 0 Å². The number of aryl methyl sites for hydroxylation is 1. The number of benzene rings is 1. The van der Waals surface area contributed by atoms with E-state index in [1.54, 1.807) is 0 Å². The third kappa shape index (κ3) is 3.19. The number of nitrogens with zero attached hydrogens (tertiary/aromatic N) is 1. The van der Waals surface area contributed by atoms with E-state index >= 15 is 0 Å². The van der Waals surface area contributed by atoms with Crippen molar-refractivity contribution < 1.29 is 0 Å². The van der Waals surface area contributed by atoms with E-state index in [0.717, 1.165) is 10.6 Å². The molecular formula is C14H20BrNS. The first-order valence-electron chi connectivity index (χ1n) is 6.26. The van der Waals surface area contributed by atoms with Gasteiger partial charge in [0.2, 0.25) is 0 Å². The molecule has 1 atom stereocenters. The van der Waals surface area contributed by atoms with Gasteiger partial charge in [0.25, 0.3) is 0 Å². The molecule has 1 aliphatic rings. The van der Waals surface area contributed by atoms with Crippen LogP contribution in [0, 0.1) is 6.92 Å². The average Bonchev–Trinajstić information content (AvgIpc) is 2.38. The molecule has 0 N–H and O–H groups in total. The highest BCUT2D eigenvalue weighted by Crippen LogP contribution is 2.28. The molecular weight excluding hydrogens is 294 g/mol. The molecule has 0 radical (unpaired) electrons. The highest BCUT2D eigenvalue weighted by atomic mass is 79.9. The van der Waals surface area contributed by atoms with Crippen molar-refractivity contribution in [2.24, 2.45) is 0 Å². The van der Waals surface area contributed by atoms with Crippen LogP contribution in [0.5, 0.6) is 0 Å². The van der Waals surface area contributed by atoms with Crippen LogP contribution < -0.4 is 4.90 Å². The fourth-order valence-corrected chi connectivity index (χ4v) is 3.87. The van der Waals surface area contributed by atoms with Crippen molar-refractivity contribution in [3.05, 3.63) is 29.3 Å². The number of halogens is 1. The second kappa shape index (κ2) is 6.14. The molecule has 0 saturated carbocycles. The minimum atomic E-state index is 0.805. The van der Waals surface area contributed by atoms with Gasteiger partial charge in [0.15, 0.2) is 0 Å². The summed E-state index contributed by atoms with van der Waals surface area (Å²) in [6, 6.07) is 6.82. The maximum Gasteiger partial charge on any atom is 0.0396 e. The lowest BCUT2D eigenvalue weighted by atomic mass is 10.1. The summed E-state index contributed by atoms with van der Waals surface area (Å²) in [5.41, 5.74) is 4.20. The molecule has 1 aromatic rings. The molecule has 0 aromatic heterocycles. The highest BCUT2D eigenvalue weighted by Gasteiger charge is 2.20. The van der Waals surface area contributed by atoms with Crippen molar-refractivity contribution >= 4 is 33.4 Å². The number of alkyl halides is 1. The van der Waals surface area contributed by atoms with Crippen LogP contribution in [0.2, 0.25) is 0 Å². The average molecular weight is 314 g/mol. The topological polar surface area (TPSA) is 3.24 Å². The molecule has 1 aliphatic heterocycles. The van der Waals surface area contributed by atoms with E-state index in [1.807, 2.05) is 0 Å². The van der Waals surface area contributed by atoms with Gasteiger partial charge in [0.1, 0.15) is 0 Å². The smallest absolute Gasteiger partial charge is 0.0396 e. The summed E-state index contributed by atoms with van der Waals surface area (Å²) >= 11 is 5.64. The maximum atomic E-state index is 3.52. The van der Waals surface area contributed by atoms with Gasteiger partial charge in [-0.25, -0.2) is 0 Å². The van der Waals surface area contributed by atoms with E-state index in [-0.39, 0.29) is 0 Å². The van der Waals surface area contributed by atoms with Crippen LogP contribution in [0.4, 0.5) is 5.69 Å². The fraction of sp³-hybridized carbons (Fsp3) is 0.571. The quantitative estimate of drug-likeness (QED) is 0.769. The van der Waals surface area contributed by atoms with Crippen molar-refractivity contribution in [3.63, 3.8) is 0 Å². The van der Waals surface area contributed by atoms with Gasteiger partial charge < -0.3 is 4.90 Å². The number of hydrogen-bond donors (Lipinski definition) is 0. The summed E-state index contributed by atoms with van der Waals surface area (Å²) in [5, 5.41) is 1.75. The molecule has 2 rings (SSSR count). The number of rotatable bonds is 3. The van der Waals surface area contributed by atoms with Gasteiger partial charge in [0, 0.05) is 35.1 Å². The largest absolute Gasteiger partial charge is 0.369 e. The zero-order valence-electron chi connectivity index (χ0n) is 10.6. The number of hydrogen-bond acceptors (Lipinski definition) is 2. The molecule has 1 unspecified atom stereocenters. The van der Waals surface area contributed by atoms with Crippen molar-refractivity contribution in [1.29, 1.82) is 0 Å². The Morgan fingerprint density at radius 3 is 2.94 bits per heavy atom. The minimum absolute atomic E-state index is 0.805. The predicted molar refractivity (Wildman–Crippen MR) is 82.6 cm³/mol. The predicted octanol–water partition coefficient (Wildman–Crippen LogP) is 4.22. The molecule has 17 heavy (non-hydrogen) atoms. The maximum absolute atomic E-state index is 3.52. The van der Waals surface area contributed by atoms with Gasteiger partial charge in [-0.1, -0.05) is 35.0 Å². The zero-order chi connectivity index (χ0) is 12.3. The second-order valence-corrected chi connectivity index (χ2v) is 6.57. The molecule has 1 saturated heterocycles. The van der Waals surface area contributed by atoms with E-state index in [2.05, 4.69) is 64.6 Å².